The van der Waals surface area contributed by atoms with Gasteiger partial charge in [-0.05, 0) is 48.0 Å². The average Bonchev–Trinajstić information content (AvgIpc) is 3.25. The first-order valence-corrected chi connectivity index (χ1v) is 12.0. The molecule has 36 heavy (non-hydrogen) atoms. The second-order valence-corrected chi connectivity index (χ2v) is 9.61. The number of anilines is 1. The Labute approximate surface area is 205 Å². The van der Waals surface area contributed by atoms with Crippen molar-refractivity contribution in [1.82, 2.24) is 19.7 Å². The summed E-state index contributed by atoms with van der Waals surface area (Å²) >= 11 is 0. The van der Waals surface area contributed by atoms with Gasteiger partial charge in [0.2, 0.25) is 5.91 Å². The third-order valence-corrected chi connectivity index (χ3v) is 6.61. The van der Waals surface area contributed by atoms with Crippen LogP contribution in [-0.4, -0.2) is 48.1 Å². The number of halogens is 3. The van der Waals surface area contributed by atoms with Gasteiger partial charge in [0, 0.05) is 43.8 Å². The lowest BCUT2D eigenvalue weighted by atomic mass is 10.0. The number of carbonyl (C=O) groups excluding carboxylic acids is 1. The zero-order chi connectivity index (χ0) is 26.0. The van der Waals surface area contributed by atoms with Crippen molar-refractivity contribution >= 4 is 21.6 Å². The van der Waals surface area contributed by atoms with Crippen LogP contribution in [0.25, 0.3) is 22.4 Å². The van der Waals surface area contributed by atoms with Gasteiger partial charge in [0.15, 0.2) is 5.82 Å². The molecule has 0 radical (unpaired) electrons. The van der Waals surface area contributed by atoms with E-state index in [4.69, 9.17) is 0 Å². The molecule has 0 aliphatic carbocycles. The molecule has 2 aromatic carbocycles. The first kappa shape index (κ1) is 24.9. The Bertz CT molecular complexity index is 1540. The molecular formula is C24H20F3N5O3S. The van der Waals surface area contributed by atoms with Crippen molar-refractivity contribution in [2.24, 2.45) is 0 Å². The van der Waals surface area contributed by atoms with Crippen molar-refractivity contribution in [3.05, 3.63) is 84.6 Å². The van der Waals surface area contributed by atoms with Crippen LogP contribution in [0.1, 0.15) is 0 Å². The summed E-state index contributed by atoms with van der Waals surface area (Å²) in [6, 6.07) is 9.22. The Morgan fingerprint density at radius 2 is 1.75 bits per heavy atom. The van der Waals surface area contributed by atoms with Gasteiger partial charge in [0.1, 0.15) is 28.8 Å². The molecule has 0 aliphatic heterocycles. The van der Waals surface area contributed by atoms with Crippen molar-refractivity contribution in [3.63, 3.8) is 0 Å². The molecule has 1 N–H and O–H groups in total. The first-order chi connectivity index (χ1) is 17.1. The maximum atomic E-state index is 15.6. The fourth-order valence-corrected chi connectivity index (χ4v) is 4.55. The third kappa shape index (κ3) is 5.08. The van der Waals surface area contributed by atoms with Crippen LogP contribution in [0.5, 0.6) is 0 Å². The van der Waals surface area contributed by atoms with E-state index in [1.807, 2.05) is 4.72 Å². The highest BCUT2D eigenvalue weighted by Crippen LogP contribution is 2.35. The Balaban J connectivity index is 1.79. The van der Waals surface area contributed by atoms with Gasteiger partial charge in [-0.2, -0.15) is 5.10 Å². The largest absolute Gasteiger partial charge is 0.347 e. The Morgan fingerprint density at radius 1 is 1.03 bits per heavy atom. The van der Waals surface area contributed by atoms with E-state index in [-0.39, 0.29) is 23.7 Å². The van der Waals surface area contributed by atoms with Crippen LogP contribution in [-0.2, 0) is 21.4 Å². The van der Waals surface area contributed by atoms with Gasteiger partial charge in [0.25, 0.3) is 10.0 Å². The van der Waals surface area contributed by atoms with Crippen LogP contribution >= 0.6 is 0 Å². The zero-order valence-electron chi connectivity index (χ0n) is 19.1. The highest BCUT2D eigenvalue weighted by atomic mass is 32.2. The van der Waals surface area contributed by atoms with Gasteiger partial charge < -0.3 is 4.90 Å². The summed E-state index contributed by atoms with van der Waals surface area (Å²) in [4.78, 5) is 16.6. The monoisotopic (exact) mass is 515 g/mol. The van der Waals surface area contributed by atoms with Crippen molar-refractivity contribution in [2.45, 2.75) is 11.4 Å². The lowest BCUT2D eigenvalue weighted by Gasteiger charge is -2.12. The van der Waals surface area contributed by atoms with Crippen molar-refractivity contribution < 1.29 is 26.4 Å². The van der Waals surface area contributed by atoms with E-state index in [2.05, 4.69) is 10.1 Å². The molecule has 0 saturated carbocycles. The fraction of sp³-hybridized carbons (Fsp3) is 0.125. The molecule has 1 amide bonds. The summed E-state index contributed by atoms with van der Waals surface area (Å²) in [5.74, 6) is -3.39. The van der Waals surface area contributed by atoms with Crippen LogP contribution in [0.2, 0.25) is 0 Å². The normalized spacial score (nSPS) is 11.4. The second-order valence-electron chi connectivity index (χ2n) is 7.96. The molecule has 0 aliphatic rings. The SMILES string of the molecule is CN(C)C(=O)Cn1cc(-c2ccncc2)c(-c2cccc(NS(=O)(=O)c3cc(F)ccc3F)c2F)n1. The van der Waals surface area contributed by atoms with E-state index in [9.17, 15) is 22.0 Å². The molecule has 0 bridgehead atoms. The number of likely N-dealkylation sites (N-methyl/N-ethyl adjacent to an activating group) is 1. The van der Waals surface area contributed by atoms with Crippen molar-refractivity contribution in [3.8, 4) is 22.4 Å². The molecule has 0 unspecified atom stereocenters. The summed E-state index contributed by atoms with van der Waals surface area (Å²) in [6.45, 7) is -0.113. The highest BCUT2D eigenvalue weighted by molar-refractivity contribution is 7.92. The van der Waals surface area contributed by atoms with E-state index in [1.54, 1.807) is 32.4 Å². The van der Waals surface area contributed by atoms with Crippen LogP contribution in [0.4, 0.5) is 18.9 Å². The molecule has 2 aromatic heterocycles. The molecule has 2 heterocycles. The molecule has 4 aromatic rings. The maximum absolute atomic E-state index is 15.6. The standard InChI is InChI=1S/C24H20F3N5O3S/c1-31(2)22(33)14-32-13-18(15-8-10-28-11-9-15)24(29-32)17-4-3-5-20(23(17)27)30-36(34,35)21-12-16(25)6-7-19(21)26/h3-13,30H,14H2,1-2H3. The Kier molecular flexibility index (Phi) is 6.80. The zero-order valence-corrected chi connectivity index (χ0v) is 19.9. The van der Waals surface area contributed by atoms with Crippen molar-refractivity contribution in [2.75, 3.05) is 18.8 Å². The van der Waals surface area contributed by atoms with Gasteiger partial charge >= 0.3 is 0 Å². The molecule has 0 atom stereocenters. The molecule has 8 nitrogen and oxygen atoms in total. The number of aromatic nitrogens is 3. The molecule has 4 rings (SSSR count). The van der Waals surface area contributed by atoms with Crippen LogP contribution in [0.3, 0.4) is 0 Å². The van der Waals surface area contributed by atoms with Crippen LogP contribution < -0.4 is 4.72 Å². The number of sulfonamides is 1. The van der Waals surface area contributed by atoms with Crippen LogP contribution in [0, 0.1) is 17.5 Å². The number of nitrogens with one attached hydrogen (secondary N) is 1. The fourth-order valence-electron chi connectivity index (χ4n) is 3.40. The summed E-state index contributed by atoms with van der Waals surface area (Å²) in [6.07, 6.45) is 4.65. The smallest absolute Gasteiger partial charge is 0.265 e. The molecular weight excluding hydrogens is 495 g/mol. The number of carbonyl (C=O) groups is 1. The summed E-state index contributed by atoms with van der Waals surface area (Å²) in [7, 11) is -1.48. The number of amides is 1. The highest BCUT2D eigenvalue weighted by Gasteiger charge is 2.24. The van der Waals surface area contributed by atoms with E-state index in [1.165, 1.54) is 34.1 Å². The topological polar surface area (TPSA) is 97.2 Å². The third-order valence-electron chi connectivity index (χ3n) is 5.23. The molecule has 0 saturated heterocycles. The predicted molar refractivity (Wildman–Crippen MR) is 127 cm³/mol. The van der Waals surface area contributed by atoms with Gasteiger partial charge in [-0.3, -0.25) is 19.2 Å². The lowest BCUT2D eigenvalue weighted by Crippen LogP contribution is -2.26. The van der Waals surface area contributed by atoms with Crippen molar-refractivity contribution in [1.29, 1.82) is 0 Å². The molecule has 12 heteroatoms. The van der Waals surface area contributed by atoms with Crippen LogP contribution in [0.15, 0.2) is 72.0 Å². The summed E-state index contributed by atoms with van der Waals surface area (Å²) < 4.78 is 72.0. The van der Waals surface area contributed by atoms with E-state index < -0.39 is 38.1 Å². The number of rotatable bonds is 7. The first-order valence-electron chi connectivity index (χ1n) is 10.5. The lowest BCUT2D eigenvalue weighted by molar-refractivity contribution is -0.129. The van der Waals surface area contributed by atoms with Gasteiger partial charge in [-0.15, -0.1) is 0 Å². The minimum absolute atomic E-state index is 0.0715. The second kappa shape index (κ2) is 9.82. The number of hydrogen-bond acceptors (Lipinski definition) is 5. The predicted octanol–water partition coefficient (Wildman–Crippen LogP) is 3.92. The Morgan fingerprint density at radius 3 is 2.44 bits per heavy atom. The van der Waals surface area contributed by atoms with E-state index in [0.29, 0.717) is 23.3 Å². The number of pyridine rings is 1. The summed E-state index contributed by atoms with van der Waals surface area (Å²) in [5.41, 5.74) is 0.687. The van der Waals surface area contributed by atoms with Gasteiger partial charge in [-0.1, -0.05) is 6.07 Å². The quantitative estimate of drug-likeness (QED) is 0.403. The minimum Gasteiger partial charge on any atom is -0.347 e. The van der Waals surface area contributed by atoms with Gasteiger partial charge in [-0.25, -0.2) is 21.6 Å². The number of benzene rings is 2. The average molecular weight is 516 g/mol. The maximum Gasteiger partial charge on any atom is 0.265 e. The van der Waals surface area contributed by atoms with E-state index >= 15 is 4.39 Å². The summed E-state index contributed by atoms with van der Waals surface area (Å²) in [5, 5.41) is 4.38. The molecule has 186 valence electrons. The number of hydrogen-bond donors (Lipinski definition) is 1. The van der Waals surface area contributed by atoms with Gasteiger partial charge in [0.05, 0.1) is 5.69 Å². The minimum atomic E-state index is -4.66. The van der Waals surface area contributed by atoms with E-state index in [0.717, 1.165) is 12.1 Å². The molecule has 0 spiro atoms. The Hall–Kier alpha value is -4.19. The number of nitrogens with zero attached hydrogens (tertiary/aromatic N) is 4. The molecule has 0 fully saturated rings.